The first-order chi connectivity index (χ1) is 9.29. The van der Waals surface area contributed by atoms with Crippen LogP contribution >= 0.6 is 0 Å². The van der Waals surface area contributed by atoms with Crippen molar-refractivity contribution in [1.29, 1.82) is 0 Å². The number of nitrogens with one attached hydrogen (secondary N) is 1. The van der Waals surface area contributed by atoms with E-state index >= 15 is 0 Å². The van der Waals surface area contributed by atoms with Gasteiger partial charge < -0.3 is 0 Å². The average molecular weight is 260 g/mol. The fraction of sp³-hybridized carbons (Fsp3) is 0.647. The average Bonchev–Trinajstić information content (AvgIpc) is 2.69. The van der Waals surface area contributed by atoms with Crippen LogP contribution in [-0.4, -0.2) is 6.04 Å². The van der Waals surface area contributed by atoms with Gasteiger partial charge in [0.1, 0.15) is 0 Å². The summed E-state index contributed by atoms with van der Waals surface area (Å²) >= 11 is 0. The van der Waals surface area contributed by atoms with Gasteiger partial charge in [-0.25, -0.2) is 0 Å². The van der Waals surface area contributed by atoms with Crippen molar-refractivity contribution in [3.8, 4) is 0 Å². The zero-order valence-corrected chi connectivity index (χ0v) is 12.2. The van der Waals surface area contributed by atoms with Crippen LogP contribution in [0.1, 0.15) is 56.1 Å². The van der Waals surface area contributed by atoms with Crippen LogP contribution in [0.3, 0.4) is 0 Å². The van der Waals surface area contributed by atoms with Gasteiger partial charge in [0, 0.05) is 6.04 Å². The quantitative estimate of drug-likeness (QED) is 0.481. The highest BCUT2D eigenvalue weighted by molar-refractivity contribution is 5.22. The van der Waals surface area contributed by atoms with Crippen molar-refractivity contribution in [2.24, 2.45) is 11.8 Å². The third-order valence-corrected chi connectivity index (χ3v) is 4.51. The van der Waals surface area contributed by atoms with Crippen LogP contribution in [0.15, 0.2) is 24.3 Å². The molecule has 106 valence electrons. The molecule has 3 N–H and O–H groups in total. The Morgan fingerprint density at radius 3 is 2.58 bits per heavy atom. The Bertz CT molecular complexity index is 367. The van der Waals surface area contributed by atoms with Crippen molar-refractivity contribution in [2.45, 2.75) is 64.3 Å². The highest BCUT2D eigenvalue weighted by atomic mass is 15.2. The smallest absolute Gasteiger partial charge is 0.0241 e. The maximum atomic E-state index is 5.80. The summed E-state index contributed by atoms with van der Waals surface area (Å²) in [6.07, 6.45) is 10.6. The predicted molar refractivity (Wildman–Crippen MR) is 81.8 cm³/mol. The first-order valence-electron chi connectivity index (χ1n) is 7.81. The van der Waals surface area contributed by atoms with Crippen molar-refractivity contribution in [2.75, 3.05) is 0 Å². The molecule has 2 heteroatoms. The van der Waals surface area contributed by atoms with Crippen LogP contribution < -0.4 is 11.3 Å². The molecule has 0 heterocycles. The molecule has 1 fully saturated rings. The molecule has 2 rings (SSSR count). The minimum Gasteiger partial charge on any atom is -0.271 e. The molecule has 1 unspecified atom stereocenters. The lowest BCUT2D eigenvalue weighted by Gasteiger charge is -2.25. The molecule has 0 radical (unpaired) electrons. The fourth-order valence-electron chi connectivity index (χ4n) is 3.36. The zero-order chi connectivity index (χ0) is 13.5. The van der Waals surface area contributed by atoms with Crippen molar-refractivity contribution in [3.05, 3.63) is 35.4 Å². The van der Waals surface area contributed by atoms with Gasteiger partial charge in [-0.3, -0.25) is 11.3 Å². The summed E-state index contributed by atoms with van der Waals surface area (Å²) in [4.78, 5) is 0. The Hall–Kier alpha value is -0.860. The molecule has 1 aliphatic carbocycles. The number of hydrogen-bond donors (Lipinski definition) is 2. The van der Waals surface area contributed by atoms with E-state index in [9.17, 15) is 0 Å². The number of nitrogens with two attached hydrogens (primary N) is 1. The van der Waals surface area contributed by atoms with E-state index in [-0.39, 0.29) is 0 Å². The highest BCUT2D eigenvalue weighted by Crippen LogP contribution is 2.27. The molecule has 1 saturated carbocycles. The van der Waals surface area contributed by atoms with E-state index in [1.165, 1.54) is 49.7 Å². The molecule has 19 heavy (non-hydrogen) atoms. The Labute approximate surface area is 117 Å². The fourth-order valence-corrected chi connectivity index (χ4v) is 3.36. The van der Waals surface area contributed by atoms with Gasteiger partial charge in [0.2, 0.25) is 0 Å². The van der Waals surface area contributed by atoms with Gasteiger partial charge in [0.25, 0.3) is 0 Å². The summed E-state index contributed by atoms with van der Waals surface area (Å²) in [5.74, 6) is 6.57. The molecular weight excluding hydrogens is 232 g/mol. The molecule has 0 bridgehead atoms. The lowest BCUT2D eigenvalue weighted by Crippen LogP contribution is -2.41. The minimum atomic E-state index is 0.485. The van der Waals surface area contributed by atoms with Crippen LogP contribution in [0.2, 0.25) is 0 Å². The lowest BCUT2D eigenvalue weighted by atomic mass is 9.88. The van der Waals surface area contributed by atoms with Crippen LogP contribution in [-0.2, 0) is 6.42 Å². The predicted octanol–water partition coefficient (Wildman–Crippen LogP) is 3.73. The number of benzene rings is 1. The zero-order valence-electron chi connectivity index (χ0n) is 12.2. The Balaban J connectivity index is 1.87. The first kappa shape index (κ1) is 14.5. The number of aryl methyl sites for hydroxylation is 2. The minimum absolute atomic E-state index is 0.485. The van der Waals surface area contributed by atoms with Gasteiger partial charge in [0.05, 0.1) is 0 Å². The van der Waals surface area contributed by atoms with E-state index in [0.29, 0.717) is 6.04 Å². The molecule has 1 aromatic carbocycles. The standard InChI is InChI=1S/C17H28N2/c1-14-7-6-8-15(13-14)11-12-17(19-18)16-9-4-2-3-5-10-16/h6-8,13,16-17,19H,2-5,9-12,18H2,1H3. The molecule has 0 aliphatic heterocycles. The molecule has 0 amide bonds. The molecular formula is C17H28N2. The molecule has 0 saturated heterocycles. The van der Waals surface area contributed by atoms with E-state index in [4.69, 9.17) is 5.84 Å². The molecule has 1 atom stereocenters. The molecule has 1 aliphatic rings. The summed E-state index contributed by atoms with van der Waals surface area (Å²) < 4.78 is 0. The summed E-state index contributed by atoms with van der Waals surface area (Å²) in [6, 6.07) is 9.32. The van der Waals surface area contributed by atoms with E-state index in [1.807, 2.05) is 0 Å². The largest absolute Gasteiger partial charge is 0.271 e. The third kappa shape index (κ3) is 4.63. The summed E-state index contributed by atoms with van der Waals surface area (Å²) in [7, 11) is 0. The Morgan fingerprint density at radius 1 is 1.21 bits per heavy atom. The second-order valence-corrected chi connectivity index (χ2v) is 6.05. The van der Waals surface area contributed by atoms with Crippen LogP contribution in [0.5, 0.6) is 0 Å². The van der Waals surface area contributed by atoms with Gasteiger partial charge in [-0.05, 0) is 44.1 Å². The van der Waals surface area contributed by atoms with Crippen molar-refractivity contribution in [3.63, 3.8) is 0 Å². The van der Waals surface area contributed by atoms with Crippen LogP contribution in [0.4, 0.5) is 0 Å². The summed E-state index contributed by atoms with van der Waals surface area (Å²) in [5.41, 5.74) is 5.87. The highest BCUT2D eigenvalue weighted by Gasteiger charge is 2.21. The van der Waals surface area contributed by atoms with Crippen LogP contribution in [0.25, 0.3) is 0 Å². The third-order valence-electron chi connectivity index (χ3n) is 4.51. The Morgan fingerprint density at radius 2 is 1.95 bits per heavy atom. The molecule has 2 nitrogen and oxygen atoms in total. The van der Waals surface area contributed by atoms with Crippen molar-refractivity contribution >= 4 is 0 Å². The molecule has 0 aromatic heterocycles. The van der Waals surface area contributed by atoms with Gasteiger partial charge >= 0.3 is 0 Å². The second kappa shape index (κ2) is 7.66. The SMILES string of the molecule is Cc1cccc(CCC(NN)C2CCCCCC2)c1. The Kier molecular flexibility index (Phi) is 5.87. The lowest BCUT2D eigenvalue weighted by molar-refractivity contribution is 0.307. The summed E-state index contributed by atoms with van der Waals surface area (Å²) in [6.45, 7) is 2.16. The van der Waals surface area contributed by atoms with E-state index in [0.717, 1.165) is 18.8 Å². The monoisotopic (exact) mass is 260 g/mol. The normalized spacial score (nSPS) is 19.1. The maximum Gasteiger partial charge on any atom is 0.0241 e. The van der Waals surface area contributed by atoms with Crippen LogP contribution in [0, 0.1) is 12.8 Å². The van der Waals surface area contributed by atoms with Gasteiger partial charge in [0.15, 0.2) is 0 Å². The number of hydrogen-bond acceptors (Lipinski definition) is 2. The molecule has 0 spiro atoms. The number of rotatable bonds is 5. The van der Waals surface area contributed by atoms with Crippen molar-refractivity contribution in [1.82, 2.24) is 5.43 Å². The maximum absolute atomic E-state index is 5.80. The number of hydrazine groups is 1. The summed E-state index contributed by atoms with van der Waals surface area (Å²) in [5, 5.41) is 0. The van der Waals surface area contributed by atoms with Gasteiger partial charge in [-0.2, -0.15) is 0 Å². The van der Waals surface area contributed by atoms with Gasteiger partial charge in [-0.15, -0.1) is 0 Å². The van der Waals surface area contributed by atoms with E-state index in [1.54, 1.807) is 0 Å². The second-order valence-electron chi connectivity index (χ2n) is 6.05. The molecule has 1 aromatic rings. The van der Waals surface area contributed by atoms with Crippen molar-refractivity contribution < 1.29 is 0 Å². The van der Waals surface area contributed by atoms with E-state index in [2.05, 4.69) is 36.6 Å². The topological polar surface area (TPSA) is 38.0 Å². The van der Waals surface area contributed by atoms with E-state index < -0.39 is 0 Å². The first-order valence-corrected chi connectivity index (χ1v) is 7.81. The van der Waals surface area contributed by atoms with Gasteiger partial charge in [-0.1, -0.05) is 55.5 Å².